The van der Waals surface area contributed by atoms with E-state index in [4.69, 9.17) is 9.47 Å². The molecule has 0 aliphatic heterocycles. The van der Waals surface area contributed by atoms with Gasteiger partial charge in [0.1, 0.15) is 0 Å². The predicted molar refractivity (Wildman–Crippen MR) is 225 cm³/mol. The van der Waals surface area contributed by atoms with Gasteiger partial charge in [-0.15, -0.1) is 4.90 Å². The summed E-state index contributed by atoms with van der Waals surface area (Å²) in [6.45, 7) is 4.34. The van der Waals surface area contributed by atoms with Crippen molar-refractivity contribution >= 4 is 11.9 Å². The number of carbonyl (C=O) groups is 2. The van der Waals surface area contributed by atoms with Crippen LogP contribution < -0.4 is 0 Å². The smallest absolute Gasteiger partial charge is 0.308 e. The summed E-state index contributed by atoms with van der Waals surface area (Å²) in [5.74, 6) is -8.48. The lowest BCUT2D eigenvalue weighted by atomic mass is 9.78. The number of unbranched alkanes of at least 4 members (excludes halogenated alkanes) is 14. The van der Waals surface area contributed by atoms with E-state index in [9.17, 15) is 45.3 Å². The Hall–Kier alpha value is -1.38. The van der Waals surface area contributed by atoms with Crippen LogP contribution in [0.4, 0.5) is 0 Å². The molecule has 0 aromatic rings. The first-order chi connectivity index (χ1) is 27.8. The number of nitrogens with zero attached hydrogens (tertiary/aromatic N) is 1. The Bertz CT molecular complexity index is 990. The summed E-state index contributed by atoms with van der Waals surface area (Å²) in [5, 5.41) is 75.6. The average molecular weight is 830 g/mol. The van der Waals surface area contributed by atoms with E-state index in [0.717, 1.165) is 51.4 Å². The molecule has 2 atom stereocenters. The van der Waals surface area contributed by atoms with E-state index >= 15 is 0 Å². The molecule has 2 aliphatic carbocycles. The highest BCUT2D eigenvalue weighted by atomic mass is 16.6. The molecule has 2 rings (SSSR count). The molecule has 342 valence electrons. The van der Waals surface area contributed by atoms with Crippen molar-refractivity contribution in [3.8, 4) is 0 Å². The molecule has 2 fully saturated rings. The van der Waals surface area contributed by atoms with Crippen molar-refractivity contribution in [3.05, 3.63) is 0 Å². The topological polar surface area (TPSA) is 197 Å². The van der Waals surface area contributed by atoms with Crippen LogP contribution in [0.5, 0.6) is 0 Å². The SMILES string of the molecule is CCCCCCCCC(CC1CCC1)C(=O)OCCCCCC(O)(O)N(C(O)(O)CCCO)C(O)(O)CCCCCOC(=O)C(CCCCCCCC)CC1CCC1. The molecule has 0 saturated heterocycles. The number of aliphatic hydroxyl groups is 7. The van der Waals surface area contributed by atoms with Crippen molar-refractivity contribution in [2.75, 3.05) is 19.8 Å². The van der Waals surface area contributed by atoms with Crippen LogP contribution in [0.15, 0.2) is 0 Å². The minimum atomic E-state index is -3.07. The maximum atomic E-state index is 13.0. The first kappa shape index (κ1) is 52.8. The lowest BCUT2D eigenvalue weighted by Crippen LogP contribution is -2.70. The van der Waals surface area contributed by atoms with Gasteiger partial charge in [-0.2, -0.15) is 0 Å². The van der Waals surface area contributed by atoms with E-state index < -0.39 is 43.6 Å². The van der Waals surface area contributed by atoms with E-state index in [0.29, 0.717) is 37.5 Å². The lowest BCUT2D eigenvalue weighted by Gasteiger charge is -2.49. The van der Waals surface area contributed by atoms with Crippen molar-refractivity contribution in [3.63, 3.8) is 0 Å². The Morgan fingerprint density at radius 3 is 1.21 bits per heavy atom. The molecule has 12 heteroatoms. The molecule has 0 radical (unpaired) electrons. The quantitative estimate of drug-likeness (QED) is 0.0179. The molecule has 0 bridgehead atoms. The fourth-order valence-corrected chi connectivity index (χ4v) is 8.64. The number of ether oxygens (including phenoxy) is 2. The molecular weight excluding hydrogens is 743 g/mol. The van der Waals surface area contributed by atoms with Gasteiger partial charge in [0.05, 0.1) is 25.0 Å². The van der Waals surface area contributed by atoms with Crippen molar-refractivity contribution in [1.82, 2.24) is 4.90 Å². The molecule has 2 aliphatic rings. The molecule has 0 aromatic carbocycles. The summed E-state index contributed by atoms with van der Waals surface area (Å²) in [5.41, 5.74) is 0. The summed E-state index contributed by atoms with van der Waals surface area (Å²) in [6.07, 6.45) is 25.0. The predicted octanol–water partition coefficient (Wildman–Crippen LogP) is 8.30. The molecular formula is C46H87NO11. The average Bonchev–Trinajstić information content (AvgIpc) is 3.13. The second-order valence-electron chi connectivity index (χ2n) is 18.0. The van der Waals surface area contributed by atoms with Gasteiger partial charge in [-0.05, 0) is 82.5 Å². The van der Waals surface area contributed by atoms with Gasteiger partial charge in [-0.3, -0.25) is 9.59 Å². The van der Waals surface area contributed by atoms with Crippen LogP contribution in [0, 0.1) is 23.7 Å². The van der Waals surface area contributed by atoms with Crippen LogP contribution in [-0.4, -0.2) is 90.1 Å². The highest BCUT2D eigenvalue weighted by Crippen LogP contribution is 2.37. The van der Waals surface area contributed by atoms with Crippen molar-refractivity contribution in [2.24, 2.45) is 23.7 Å². The standard InChI is InChI=1S/C46H87NO11/c1-3-5-7-9-11-15-28-40(36-38-24-21-25-38)42(49)57-34-19-13-17-30-44(51,52)47(46(55,56)32-23-33-48)45(53,54)31-18-14-20-35-58-43(50)41(37-39-26-22-27-39)29-16-12-10-8-6-4-2/h38-41,48,51-56H,3-37H2,1-2H3. The van der Waals surface area contributed by atoms with Gasteiger partial charge in [0, 0.05) is 25.9 Å². The normalized spacial score (nSPS) is 16.6. The molecule has 58 heavy (non-hydrogen) atoms. The Labute approximate surface area is 351 Å². The molecule has 2 unspecified atom stereocenters. The molecule has 0 amide bonds. The zero-order valence-electron chi connectivity index (χ0n) is 36.8. The van der Waals surface area contributed by atoms with Crippen LogP contribution in [0.2, 0.25) is 0 Å². The Morgan fingerprint density at radius 2 is 0.862 bits per heavy atom. The largest absolute Gasteiger partial charge is 0.465 e. The number of hydrogen-bond acceptors (Lipinski definition) is 12. The minimum absolute atomic E-state index is 0.0975. The first-order valence-electron chi connectivity index (χ1n) is 23.9. The van der Waals surface area contributed by atoms with E-state index in [-0.39, 0.29) is 61.2 Å². The molecule has 7 N–H and O–H groups in total. The second-order valence-corrected chi connectivity index (χ2v) is 18.0. The van der Waals surface area contributed by atoms with Gasteiger partial charge in [0.25, 0.3) is 0 Å². The van der Waals surface area contributed by atoms with Crippen molar-refractivity contribution in [1.29, 1.82) is 0 Å². The van der Waals surface area contributed by atoms with Gasteiger partial charge in [-0.1, -0.05) is 129 Å². The highest BCUT2D eigenvalue weighted by Gasteiger charge is 2.55. The second kappa shape index (κ2) is 29.8. The maximum Gasteiger partial charge on any atom is 0.308 e. The van der Waals surface area contributed by atoms with Crippen LogP contribution >= 0.6 is 0 Å². The van der Waals surface area contributed by atoms with E-state index in [1.54, 1.807) is 0 Å². The third-order valence-electron chi connectivity index (χ3n) is 12.7. The molecule has 12 nitrogen and oxygen atoms in total. The lowest BCUT2D eigenvalue weighted by molar-refractivity contribution is -0.478. The minimum Gasteiger partial charge on any atom is -0.465 e. The summed E-state index contributed by atoms with van der Waals surface area (Å²) < 4.78 is 11.3. The molecule has 0 spiro atoms. The third-order valence-corrected chi connectivity index (χ3v) is 12.7. The zero-order valence-corrected chi connectivity index (χ0v) is 36.8. The van der Waals surface area contributed by atoms with Crippen LogP contribution in [0.1, 0.15) is 219 Å². The summed E-state index contributed by atoms with van der Waals surface area (Å²) >= 11 is 0. The number of aliphatic hydroxyl groups excluding tert-OH is 1. The molecule has 2 saturated carbocycles. The van der Waals surface area contributed by atoms with E-state index in [2.05, 4.69) is 13.8 Å². The summed E-state index contributed by atoms with van der Waals surface area (Å²) in [4.78, 5) is 26.2. The fourth-order valence-electron chi connectivity index (χ4n) is 8.64. The van der Waals surface area contributed by atoms with Crippen LogP contribution in [-0.2, 0) is 19.1 Å². The maximum absolute atomic E-state index is 13.0. The molecule has 0 aromatic heterocycles. The third kappa shape index (κ3) is 21.4. The fraction of sp³-hybridized carbons (Fsp3) is 0.957. The monoisotopic (exact) mass is 830 g/mol. The first-order valence-corrected chi connectivity index (χ1v) is 23.9. The van der Waals surface area contributed by atoms with Crippen molar-refractivity contribution in [2.45, 2.75) is 237 Å². The highest BCUT2D eigenvalue weighted by molar-refractivity contribution is 5.72. The summed E-state index contributed by atoms with van der Waals surface area (Å²) in [6, 6.07) is 0. The van der Waals surface area contributed by atoms with Gasteiger partial charge in [-0.25, -0.2) is 0 Å². The van der Waals surface area contributed by atoms with Crippen LogP contribution in [0.25, 0.3) is 0 Å². The van der Waals surface area contributed by atoms with Gasteiger partial charge >= 0.3 is 11.9 Å². The summed E-state index contributed by atoms with van der Waals surface area (Å²) in [7, 11) is 0. The zero-order chi connectivity index (χ0) is 42.7. The van der Waals surface area contributed by atoms with Gasteiger partial charge in [0.2, 0.25) is 17.7 Å². The van der Waals surface area contributed by atoms with E-state index in [1.807, 2.05) is 0 Å². The van der Waals surface area contributed by atoms with Crippen LogP contribution in [0.3, 0.4) is 0 Å². The Kier molecular flexibility index (Phi) is 27.1. The Morgan fingerprint density at radius 1 is 0.517 bits per heavy atom. The molecule has 0 heterocycles. The Balaban J connectivity index is 1.82. The van der Waals surface area contributed by atoms with Gasteiger partial charge in [0.15, 0.2) is 0 Å². The number of esters is 2. The number of hydrogen-bond donors (Lipinski definition) is 7. The van der Waals surface area contributed by atoms with Gasteiger partial charge < -0.3 is 45.2 Å². The number of rotatable bonds is 38. The van der Waals surface area contributed by atoms with Crippen molar-refractivity contribution < 1.29 is 54.8 Å². The number of carbonyl (C=O) groups excluding carboxylic acids is 2. The van der Waals surface area contributed by atoms with E-state index in [1.165, 1.54) is 89.9 Å².